The van der Waals surface area contributed by atoms with Gasteiger partial charge in [0.25, 0.3) is 0 Å². The second kappa shape index (κ2) is 6.88. The molecule has 1 aromatic rings. The van der Waals surface area contributed by atoms with Gasteiger partial charge >= 0.3 is 5.97 Å². The van der Waals surface area contributed by atoms with E-state index in [1.54, 1.807) is 13.0 Å². The average Bonchev–Trinajstić information content (AvgIpc) is 2.80. The summed E-state index contributed by atoms with van der Waals surface area (Å²) in [5.41, 5.74) is 0.928. The van der Waals surface area contributed by atoms with Gasteiger partial charge in [-0.25, -0.2) is 4.79 Å². The quantitative estimate of drug-likeness (QED) is 0.818. The summed E-state index contributed by atoms with van der Waals surface area (Å²) in [5.74, 6) is -0.366. The number of carboxylic acid groups (broad SMARTS) is 1. The number of hydrogen-bond acceptors (Lipinski definition) is 5. The monoisotopic (exact) mass is 283 g/mol. The fourth-order valence-electron chi connectivity index (χ4n) is 2.48. The number of carbonyl (C=O) groups is 1. The summed E-state index contributed by atoms with van der Waals surface area (Å²) in [5, 5.41) is 17.6. The Bertz CT molecular complexity index is 448. The van der Waals surface area contributed by atoms with E-state index >= 15 is 0 Å². The first-order valence-corrected chi connectivity index (χ1v) is 6.87. The van der Waals surface area contributed by atoms with Gasteiger partial charge in [0.1, 0.15) is 5.76 Å². The van der Waals surface area contributed by atoms with Gasteiger partial charge in [-0.2, -0.15) is 0 Å². The number of likely N-dealkylation sites (tertiary alicyclic amines) is 1. The second-order valence-electron chi connectivity index (χ2n) is 5.07. The fraction of sp³-hybridized carbons (Fsp3) is 0.643. The van der Waals surface area contributed by atoms with E-state index in [-0.39, 0.29) is 18.5 Å². The maximum Gasteiger partial charge on any atom is 0.371 e. The van der Waals surface area contributed by atoms with Crippen molar-refractivity contribution in [3.8, 4) is 0 Å². The molecule has 1 fully saturated rings. The Morgan fingerprint density at radius 3 is 2.75 bits per heavy atom. The highest BCUT2D eigenvalue weighted by Crippen LogP contribution is 2.20. The minimum absolute atomic E-state index is 0.00124. The van der Waals surface area contributed by atoms with Crippen molar-refractivity contribution in [2.24, 2.45) is 0 Å². The number of aliphatic hydroxyl groups is 1. The summed E-state index contributed by atoms with van der Waals surface area (Å²) in [6.45, 7) is 4.76. The lowest BCUT2D eigenvalue weighted by Crippen LogP contribution is -2.36. The van der Waals surface area contributed by atoms with Crippen LogP contribution in [0.4, 0.5) is 0 Å². The minimum Gasteiger partial charge on any atom is -0.475 e. The highest BCUT2D eigenvalue weighted by atomic mass is 16.5. The number of piperidine rings is 1. The number of aromatic carboxylic acids is 1. The van der Waals surface area contributed by atoms with Crippen LogP contribution >= 0.6 is 0 Å². The van der Waals surface area contributed by atoms with Crippen LogP contribution in [0.15, 0.2) is 10.5 Å². The van der Waals surface area contributed by atoms with Crippen LogP contribution in [-0.2, 0) is 11.3 Å². The molecule has 0 unspecified atom stereocenters. The number of rotatable bonds is 6. The van der Waals surface area contributed by atoms with Gasteiger partial charge < -0.3 is 19.4 Å². The fourth-order valence-corrected chi connectivity index (χ4v) is 2.48. The first-order valence-electron chi connectivity index (χ1n) is 6.87. The molecule has 0 aromatic carbocycles. The zero-order valence-corrected chi connectivity index (χ0v) is 11.7. The van der Waals surface area contributed by atoms with E-state index in [4.69, 9.17) is 19.4 Å². The predicted octanol–water partition coefficient (Wildman–Crippen LogP) is 1.26. The zero-order valence-electron chi connectivity index (χ0n) is 11.7. The summed E-state index contributed by atoms with van der Waals surface area (Å²) in [6.07, 6.45) is 2.09. The molecule has 2 N–H and O–H groups in total. The van der Waals surface area contributed by atoms with Gasteiger partial charge in [0.05, 0.1) is 19.3 Å². The van der Waals surface area contributed by atoms with Crippen LogP contribution in [0.3, 0.4) is 0 Å². The first-order chi connectivity index (χ1) is 9.60. The second-order valence-corrected chi connectivity index (χ2v) is 5.07. The van der Waals surface area contributed by atoms with E-state index < -0.39 is 5.97 Å². The van der Waals surface area contributed by atoms with Crippen molar-refractivity contribution in [3.63, 3.8) is 0 Å². The van der Waals surface area contributed by atoms with E-state index in [0.29, 0.717) is 18.9 Å². The lowest BCUT2D eigenvalue weighted by Gasteiger charge is -2.31. The number of carboxylic acids is 1. The molecule has 0 amide bonds. The summed E-state index contributed by atoms with van der Waals surface area (Å²) >= 11 is 0. The first kappa shape index (κ1) is 15.0. The van der Waals surface area contributed by atoms with Crippen LogP contribution in [0.25, 0.3) is 0 Å². The van der Waals surface area contributed by atoms with Crippen molar-refractivity contribution in [2.75, 3.05) is 26.3 Å². The van der Waals surface area contributed by atoms with E-state index in [0.717, 1.165) is 31.5 Å². The standard InChI is InChI=1S/C14H21NO5/c1-10-11(8-13(20-10)14(17)18)9-15-4-2-12(3-5-15)19-7-6-16/h8,12,16H,2-7,9H2,1H3,(H,17,18). The molecule has 1 saturated heterocycles. The highest BCUT2D eigenvalue weighted by molar-refractivity contribution is 5.84. The lowest BCUT2D eigenvalue weighted by molar-refractivity contribution is -0.00906. The summed E-state index contributed by atoms with van der Waals surface area (Å²) in [6, 6.07) is 1.60. The molecule has 1 aliphatic heterocycles. The smallest absolute Gasteiger partial charge is 0.371 e. The summed E-state index contributed by atoms with van der Waals surface area (Å²) < 4.78 is 10.7. The highest BCUT2D eigenvalue weighted by Gasteiger charge is 2.21. The van der Waals surface area contributed by atoms with Crippen molar-refractivity contribution in [1.29, 1.82) is 0 Å². The Morgan fingerprint density at radius 1 is 1.50 bits per heavy atom. The number of nitrogens with zero attached hydrogens (tertiary/aromatic N) is 1. The van der Waals surface area contributed by atoms with Crippen molar-refractivity contribution < 1.29 is 24.2 Å². The molecule has 6 heteroatoms. The van der Waals surface area contributed by atoms with Gasteiger partial charge in [0.2, 0.25) is 5.76 Å². The van der Waals surface area contributed by atoms with Crippen LogP contribution in [0.2, 0.25) is 0 Å². The van der Waals surface area contributed by atoms with Crippen LogP contribution in [0.5, 0.6) is 0 Å². The number of furan rings is 1. The number of hydrogen-bond donors (Lipinski definition) is 2. The molecule has 0 bridgehead atoms. The minimum atomic E-state index is -1.03. The molecule has 0 spiro atoms. The molecule has 0 atom stereocenters. The molecule has 2 heterocycles. The molecule has 20 heavy (non-hydrogen) atoms. The van der Waals surface area contributed by atoms with Gasteiger partial charge in [0.15, 0.2) is 0 Å². The van der Waals surface area contributed by atoms with E-state index in [1.165, 1.54) is 0 Å². The third kappa shape index (κ3) is 3.82. The number of aliphatic hydroxyl groups excluding tert-OH is 1. The Hall–Kier alpha value is -1.37. The molecule has 1 aromatic heterocycles. The van der Waals surface area contributed by atoms with Crippen molar-refractivity contribution in [1.82, 2.24) is 4.90 Å². The van der Waals surface area contributed by atoms with Gasteiger partial charge in [0, 0.05) is 25.2 Å². The topological polar surface area (TPSA) is 83.1 Å². The zero-order chi connectivity index (χ0) is 14.5. The lowest BCUT2D eigenvalue weighted by atomic mass is 10.1. The normalized spacial score (nSPS) is 17.5. The molecule has 0 aliphatic carbocycles. The van der Waals surface area contributed by atoms with Crippen LogP contribution < -0.4 is 0 Å². The van der Waals surface area contributed by atoms with E-state index in [1.807, 2.05) is 0 Å². The van der Waals surface area contributed by atoms with Crippen molar-refractivity contribution in [2.45, 2.75) is 32.4 Å². The van der Waals surface area contributed by atoms with Gasteiger partial charge in [-0.15, -0.1) is 0 Å². The van der Waals surface area contributed by atoms with Crippen LogP contribution in [0.1, 0.15) is 34.7 Å². The molecule has 0 saturated carbocycles. The summed E-state index contributed by atoms with van der Waals surface area (Å²) in [4.78, 5) is 13.1. The molecule has 112 valence electrons. The molecule has 0 radical (unpaired) electrons. The van der Waals surface area contributed by atoms with Crippen LogP contribution in [0, 0.1) is 6.92 Å². The number of ether oxygens (including phenoxy) is 1. The molecule has 6 nitrogen and oxygen atoms in total. The molecule has 2 rings (SSSR count). The van der Waals surface area contributed by atoms with Gasteiger partial charge in [-0.1, -0.05) is 0 Å². The molecular formula is C14H21NO5. The Balaban J connectivity index is 1.85. The van der Waals surface area contributed by atoms with Crippen LogP contribution in [-0.4, -0.2) is 53.5 Å². The maximum atomic E-state index is 10.9. The largest absolute Gasteiger partial charge is 0.475 e. The van der Waals surface area contributed by atoms with E-state index in [2.05, 4.69) is 4.90 Å². The van der Waals surface area contributed by atoms with E-state index in [9.17, 15) is 4.79 Å². The van der Waals surface area contributed by atoms with Crippen molar-refractivity contribution in [3.05, 3.63) is 23.2 Å². The van der Waals surface area contributed by atoms with Gasteiger partial charge in [-0.3, -0.25) is 4.90 Å². The predicted molar refractivity (Wildman–Crippen MR) is 71.7 cm³/mol. The molecule has 1 aliphatic rings. The molecular weight excluding hydrogens is 262 g/mol. The van der Waals surface area contributed by atoms with Gasteiger partial charge in [-0.05, 0) is 25.8 Å². The Morgan fingerprint density at radius 2 is 2.20 bits per heavy atom. The summed E-state index contributed by atoms with van der Waals surface area (Å²) in [7, 11) is 0. The van der Waals surface area contributed by atoms with Crippen molar-refractivity contribution >= 4 is 5.97 Å². The average molecular weight is 283 g/mol. The maximum absolute atomic E-state index is 10.9. The third-order valence-electron chi connectivity index (χ3n) is 3.60. The Labute approximate surface area is 117 Å². The number of aryl methyl sites for hydroxylation is 1. The SMILES string of the molecule is Cc1oc(C(=O)O)cc1CN1CCC(OCCO)CC1. The Kier molecular flexibility index (Phi) is 5.17. The third-order valence-corrected chi connectivity index (χ3v) is 3.60.